The number of nitrogens with two attached hydrogens (primary N) is 1. The molecular formula is C9H18N2O. The Morgan fingerprint density at radius 1 is 1.25 bits per heavy atom. The molecule has 70 valence electrons. The molecule has 0 fully saturated rings. The van der Waals surface area contributed by atoms with Crippen LogP contribution in [0.1, 0.15) is 27.7 Å². The van der Waals surface area contributed by atoms with E-state index in [0.29, 0.717) is 11.8 Å². The molecule has 12 heavy (non-hydrogen) atoms. The maximum atomic E-state index is 5.05. The lowest BCUT2D eigenvalue weighted by Crippen LogP contribution is -2.17. The number of rotatable bonds is 3. The summed E-state index contributed by atoms with van der Waals surface area (Å²) in [5.74, 6) is 6.11. The minimum absolute atomic E-state index is 0.200. The Hall–Kier alpha value is -0.830. The third-order valence-electron chi connectivity index (χ3n) is 1.53. The summed E-state index contributed by atoms with van der Waals surface area (Å²) in [6.07, 6.45) is 0. The summed E-state index contributed by atoms with van der Waals surface area (Å²) >= 11 is 0. The minimum atomic E-state index is 0.200. The van der Waals surface area contributed by atoms with Crippen LogP contribution in [0.2, 0.25) is 0 Å². The molecule has 0 aromatic carbocycles. The van der Waals surface area contributed by atoms with E-state index in [-0.39, 0.29) is 5.92 Å². The van der Waals surface area contributed by atoms with E-state index >= 15 is 0 Å². The topological polar surface area (TPSA) is 47.6 Å². The van der Waals surface area contributed by atoms with Crippen LogP contribution in [-0.2, 0) is 4.84 Å². The zero-order valence-corrected chi connectivity index (χ0v) is 8.29. The van der Waals surface area contributed by atoms with E-state index in [9.17, 15) is 0 Å². The van der Waals surface area contributed by atoms with Gasteiger partial charge in [-0.2, -0.15) is 5.90 Å². The fourth-order valence-electron chi connectivity index (χ4n) is 0.562. The van der Waals surface area contributed by atoms with Gasteiger partial charge in [-0.05, 0) is 5.92 Å². The van der Waals surface area contributed by atoms with Gasteiger partial charge in [0, 0.05) is 11.6 Å². The molecule has 0 bridgehead atoms. The van der Waals surface area contributed by atoms with Crippen molar-refractivity contribution in [2.45, 2.75) is 27.7 Å². The standard InChI is InChI=1S/C9H18N2O/c1-6(2)8(5)11-9(12-10)7(3)4/h6-7H,5,10H2,1-4H3. The van der Waals surface area contributed by atoms with Crippen molar-refractivity contribution < 1.29 is 4.84 Å². The first-order valence-electron chi connectivity index (χ1n) is 4.13. The maximum absolute atomic E-state index is 5.05. The number of aliphatic imine (C=N–C) groups is 1. The lowest BCUT2D eigenvalue weighted by atomic mass is 10.1. The van der Waals surface area contributed by atoms with Crippen molar-refractivity contribution in [3.63, 3.8) is 0 Å². The Labute approximate surface area is 74.3 Å². The average molecular weight is 170 g/mol. The minimum Gasteiger partial charge on any atom is -0.396 e. The van der Waals surface area contributed by atoms with E-state index in [1.54, 1.807) is 0 Å². The predicted octanol–water partition coefficient (Wildman–Crippen LogP) is 2.10. The van der Waals surface area contributed by atoms with Crippen molar-refractivity contribution in [2.75, 3.05) is 0 Å². The quantitative estimate of drug-likeness (QED) is 0.400. The normalized spacial score (nSPS) is 12.4. The fourth-order valence-corrected chi connectivity index (χ4v) is 0.562. The molecule has 0 aromatic rings. The van der Waals surface area contributed by atoms with Gasteiger partial charge in [-0.25, -0.2) is 4.99 Å². The number of nitrogens with zero attached hydrogens (tertiary/aromatic N) is 1. The van der Waals surface area contributed by atoms with Gasteiger partial charge in [0.15, 0.2) is 0 Å². The van der Waals surface area contributed by atoms with Crippen LogP contribution in [0.15, 0.2) is 17.3 Å². The van der Waals surface area contributed by atoms with E-state index < -0.39 is 0 Å². The summed E-state index contributed by atoms with van der Waals surface area (Å²) in [4.78, 5) is 8.79. The van der Waals surface area contributed by atoms with Crippen LogP contribution in [0.25, 0.3) is 0 Å². The van der Waals surface area contributed by atoms with Gasteiger partial charge >= 0.3 is 0 Å². The van der Waals surface area contributed by atoms with Crippen molar-refractivity contribution in [3.8, 4) is 0 Å². The molecule has 0 aromatic heterocycles. The van der Waals surface area contributed by atoms with Gasteiger partial charge in [-0.3, -0.25) is 0 Å². The first-order chi connectivity index (χ1) is 5.49. The lowest BCUT2D eigenvalue weighted by molar-refractivity contribution is 0.298. The van der Waals surface area contributed by atoms with Gasteiger partial charge in [-0.15, -0.1) is 0 Å². The van der Waals surface area contributed by atoms with Crippen LogP contribution in [0.4, 0.5) is 0 Å². The van der Waals surface area contributed by atoms with Gasteiger partial charge in [-0.1, -0.05) is 34.3 Å². The van der Waals surface area contributed by atoms with E-state index in [4.69, 9.17) is 5.90 Å². The third kappa shape index (κ3) is 3.53. The van der Waals surface area contributed by atoms with Crippen molar-refractivity contribution >= 4 is 5.90 Å². The monoisotopic (exact) mass is 170 g/mol. The molecule has 3 heteroatoms. The molecule has 0 aliphatic carbocycles. The highest BCUT2D eigenvalue weighted by molar-refractivity contribution is 5.78. The summed E-state index contributed by atoms with van der Waals surface area (Å²) in [5.41, 5.74) is 0.796. The van der Waals surface area contributed by atoms with Crippen molar-refractivity contribution in [2.24, 2.45) is 22.7 Å². The molecule has 0 heterocycles. The zero-order chi connectivity index (χ0) is 9.72. The van der Waals surface area contributed by atoms with Gasteiger partial charge in [0.1, 0.15) is 0 Å². The predicted molar refractivity (Wildman–Crippen MR) is 51.5 cm³/mol. The van der Waals surface area contributed by atoms with Crippen LogP contribution in [0.5, 0.6) is 0 Å². The highest BCUT2D eigenvalue weighted by Crippen LogP contribution is 2.10. The van der Waals surface area contributed by atoms with Gasteiger partial charge in [0.05, 0.1) is 0 Å². The zero-order valence-electron chi connectivity index (χ0n) is 8.29. The molecule has 3 nitrogen and oxygen atoms in total. The Bertz CT molecular complexity index is 183. The van der Waals surface area contributed by atoms with E-state index in [1.165, 1.54) is 0 Å². The summed E-state index contributed by atoms with van der Waals surface area (Å²) in [7, 11) is 0. The average Bonchev–Trinajstić information content (AvgIpc) is 1.98. The number of allylic oxidation sites excluding steroid dienone is 1. The Kier molecular flexibility index (Phi) is 4.59. The molecule has 0 unspecified atom stereocenters. The van der Waals surface area contributed by atoms with Gasteiger partial charge < -0.3 is 4.84 Å². The summed E-state index contributed by atoms with van der Waals surface area (Å²) in [6, 6.07) is 0. The van der Waals surface area contributed by atoms with E-state index in [2.05, 4.69) is 16.4 Å². The first kappa shape index (κ1) is 11.2. The van der Waals surface area contributed by atoms with Crippen LogP contribution in [-0.4, -0.2) is 5.90 Å². The molecular weight excluding hydrogens is 152 g/mol. The second-order valence-corrected chi connectivity index (χ2v) is 3.37. The van der Waals surface area contributed by atoms with Crippen LogP contribution in [0.3, 0.4) is 0 Å². The van der Waals surface area contributed by atoms with Crippen LogP contribution < -0.4 is 5.90 Å². The Balaban J connectivity index is 4.38. The molecule has 0 aliphatic heterocycles. The Morgan fingerprint density at radius 2 is 1.75 bits per heavy atom. The van der Waals surface area contributed by atoms with E-state index in [0.717, 1.165) is 5.70 Å². The highest BCUT2D eigenvalue weighted by atomic mass is 16.6. The third-order valence-corrected chi connectivity index (χ3v) is 1.53. The molecule has 0 saturated heterocycles. The largest absolute Gasteiger partial charge is 0.396 e. The second kappa shape index (κ2) is 4.93. The van der Waals surface area contributed by atoms with Gasteiger partial charge in [0.25, 0.3) is 0 Å². The fraction of sp³-hybridized carbons (Fsp3) is 0.667. The van der Waals surface area contributed by atoms with Crippen LogP contribution >= 0.6 is 0 Å². The molecule has 0 spiro atoms. The van der Waals surface area contributed by atoms with E-state index in [1.807, 2.05) is 27.7 Å². The molecule has 0 radical (unpaired) electrons. The summed E-state index contributed by atoms with van der Waals surface area (Å²) in [5, 5.41) is 0. The molecule has 0 amide bonds. The second-order valence-electron chi connectivity index (χ2n) is 3.37. The highest BCUT2D eigenvalue weighted by Gasteiger charge is 2.07. The smallest absolute Gasteiger partial charge is 0.216 e. The first-order valence-corrected chi connectivity index (χ1v) is 4.13. The maximum Gasteiger partial charge on any atom is 0.216 e. The summed E-state index contributed by atoms with van der Waals surface area (Å²) < 4.78 is 0. The number of hydrogen-bond donors (Lipinski definition) is 1. The molecule has 0 atom stereocenters. The SMILES string of the molecule is C=C(N=C(ON)C(C)C)C(C)C. The van der Waals surface area contributed by atoms with Crippen LogP contribution in [0, 0.1) is 11.8 Å². The number of hydrogen-bond acceptors (Lipinski definition) is 3. The van der Waals surface area contributed by atoms with Gasteiger partial charge in [0.2, 0.25) is 5.90 Å². The summed E-state index contributed by atoms with van der Waals surface area (Å²) in [6.45, 7) is 11.8. The molecule has 2 N–H and O–H groups in total. The molecule has 0 rings (SSSR count). The molecule has 0 saturated carbocycles. The van der Waals surface area contributed by atoms with Crippen molar-refractivity contribution in [3.05, 3.63) is 12.3 Å². The molecule has 0 aliphatic rings. The van der Waals surface area contributed by atoms with Crippen molar-refractivity contribution in [1.82, 2.24) is 0 Å². The van der Waals surface area contributed by atoms with Crippen molar-refractivity contribution in [1.29, 1.82) is 0 Å². The lowest BCUT2D eigenvalue weighted by Gasteiger charge is -2.09. The Morgan fingerprint density at radius 3 is 2.00 bits per heavy atom.